The molecule has 2 aromatic rings. The van der Waals surface area contributed by atoms with E-state index in [9.17, 15) is 4.79 Å². The van der Waals surface area contributed by atoms with Crippen LogP contribution in [0.1, 0.15) is 27.2 Å². The minimum atomic E-state index is 0.200. The molecule has 0 spiro atoms. The zero-order valence-corrected chi connectivity index (χ0v) is 11.1. The van der Waals surface area contributed by atoms with Gasteiger partial charge in [-0.15, -0.1) is 0 Å². The summed E-state index contributed by atoms with van der Waals surface area (Å²) >= 11 is 6.95. The Morgan fingerprint density at radius 2 is 2.17 bits per heavy atom. The zero-order valence-electron chi connectivity index (χ0n) is 9.48. The highest BCUT2D eigenvalue weighted by atomic mass is 35.5. The van der Waals surface area contributed by atoms with Crippen LogP contribution in [0.25, 0.3) is 0 Å². The van der Waals surface area contributed by atoms with Gasteiger partial charge in [0.15, 0.2) is 11.4 Å². The maximum absolute atomic E-state index is 10.7. The molecule has 0 amide bonds. The molecule has 0 fully saturated rings. The van der Waals surface area contributed by atoms with Gasteiger partial charge >= 0.3 is 0 Å². The Kier molecular flexibility index (Phi) is 3.06. The summed E-state index contributed by atoms with van der Waals surface area (Å²) in [4.78, 5) is 15.1. The molecule has 0 saturated carbocycles. The van der Waals surface area contributed by atoms with Crippen LogP contribution in [0.15, 0.2) is 18.2 Å². The summed E-state index contributed by atoms with van der Waals surface area (Å²) < 4.78 is 5.63. The molecular weight excluding hydrogens is 270 g/mol. The van der Waals surface area contributed by atoms with Crippen molar-refractivity contribution in [1.29, 1.82) is 0 Å². The van der Waals surface area contributed by atoms with Crippen LogP contribution in [0.3, 0.4) is 0 Å². The molecule has 0 unspecified atom stereocenters. The average Bonchev–Trinajstić information content (AvgIpc) is 2.95. The second-order valence-electron chi connectivity index (χ2n) is 4.14. The normalized spacial score (nSPS) is 13.4. The SMILES string of the molecule is O=Cc1sc(Oc2ccc3c(c2)CCC3)nc1Cl. The number of carbonyl (C=O) groups is 1. The lowest BCUT2D eigenvalue weighted by Gasteiger charge is -2.04. The Bertz CT molecular complexity index is 609. The molecule has 1 aromatic carbocycles. The molecule has 92 valence electrons. The second kappa shape index (κ2) is 4.71. The van der Waals surface area contributed by atoms with Crippen molar-refractivity contribution in [3.63, 3.8) is 0 Å². The minimum Gasteiger partial charge on any atom is -0.431 e. The fourth-order valence-corrected chi connectivity index (χ4v) is 3.05. The topological polar surface area (TPSA) is 39.2 Å². The van der Waals surface area contributed by atoms with E-state index in [1.54, 1.807) is 0 Å². The lowest BCUT2D eigenvalue weighted by atomic mass is 10.1. The number of halogens is 1. The average molecular weight is 280 g/mol. The van der Waals surface area contributed by atoms with Crippen LogP contribution in [-0.4, -0.2) is 11.3 Å². The van der Waals surface area contributed by atoms with E-state index < -0.39 is 0 Å². The first-order valence-electron chi connectivity index (χ1n) is 5.67. The fourth-order valence-electron chi connectivity index (χ4n) is 2.12. The molecule has 0 bridgehead atoms. The van der Waals surface area contributed by atoms with Gasteiger partial charge in [-0.2, -0.15) is 4.98 Å². The molecule has 1 heterocycles. The largest absolute Gasteiger partial charge is 0.431 e. The van der Waals surface area contributed by atoms with Crippen molar-refractivity contribution < 1.29 is 9.53 Å². The quantitative estimate of drug-likeness (QED) is 0.800. The number of aryl methyl sites for hydroxylation is 2. The van der Waals surface area contributed by atoms with Gasteiger partial charge in [0, 0.05) is 0 Å². The first-order valence-corrected chi connectivity index (χ1v) is 6.87. The molecule has 3 nitrogen and oxygen atoms in total. The van der Waals surface area contributed by atoms with Crippen molar-refractivity contribution in [1.82, 2.24) is 4.98 Å². The molecule has 0 atom stereocenters. The molecule has 0 N–H and O–H groups in total. The molecule has 1 aliphatic rings. The van der Waals surface area contributed by atoms with E-state index in [-0.39, 0.29) is 5.15 Å². The van der Waals surface area contributed by atoms with Crippen molar-refractivity contribution in [2.45, 2.75) is 19.3 Å². The van der Waals surface area contributed by atoms with Gasteiger partial charge < -0.3 is 4.74 Å². The number of thiazole rings is 1. The van der Waals surface area contributed by atoms with E-state index in [4.69, 9.17) is 16.3 Å². The Morgan fingerprint density at radius 3 is 2.94 bits per heavy atom. The van der Waals surface area contributed by atoms with E-state index >= 15 is 0 Å². The molecule has 5 heteroatoms. The first-order chi connectivity index (χ1) is 8.76. The number of carbonyl (C=O) groups excluding carboxylic acids is 1. The van der Waals surface area contributed by atoms with Crippen molar-refractivity contribution in [2.24, 2.45) is 0 Å². The highest BCUT2D eigenvalue weighted by Crippen LogP contribution is 2.33. The summed E-state index contributed by atoms with van der Waals surface area (Å²) in [6.45, 7) is 0. The number of ether oxygens (including phenoxy) is 1. The molecule has 3 rings (SSSR count). The smallest absolute Gasteiger partial charge is 0.280 e. The minimum absolute atomic E-state index is 0.200. The van der Waals surface area contributed by atoms with E-state index in [1.807, 2.05) is 12.1 Å². The number of aromatic nitrogens is 1. The number of nitrogens with zero attached hydrogens (tertiary/aromatic N) is 1. The first kappa shape index (κ1) is 11.7. The second-order valence-corrected chi connectivity index (χ2v) is 5.49. The molecule has 1 aliphatic carbocycles. The van der Waals surface area contributed by atoms with Crippen molar-refractivity contribution in [3.05, 3.63) is 39.4 Å². The lowest BCUT2D eigenvalue weighted by molar-refractivity contribution is 0.112. The zero-order chi connectivity index (χ0) is 12.5. The Hall–Kier alpha value is -1.39. The Balaban J connectivity index is 1.85. The predicted molar refractivity (Wildman–Crippen MR) is 71.1 cm³/mol. The van der Waals surface area contributed by atoms with Gasteiger partial charge in [-0.25, -0.2) is 0 Å². The number of benzene rings is 1. The van der Waals surface area contributed by atoms with E-state index in [1.165, 1.54) is 17.5 Å². The van der Waals surface area contributed by atoms with E-state index in [2.05, 4.69) is 11.1 Å². The maximum atomic E-state index is 10.7. The number of hydrogen-bond donors (Lipinski definition) is 0. The summed E-state index contributed by atoms with van der Waals surface area (Å²) in [6, 6.07) is 6.06. The van der Waals surface area contributed by atoms with E-state index in [0.29, 0.717) is 16.4 Å². The summed E-state index contributed by atoms with van der Waals surface area (Å²) in [5.41, 5.74) is 2.74. The van der Waals surface area contributed by atoms with Crippen molar-refractivity contribution >= 4 is 29.2 Å². The predicted octanol–water partition coefficient (Wildman–Crippen LogP) is 3.89. The molecule has 1 aromatic heterocycles. The summed E-state index contributed by atoms with van der Waals surface area (Å²) in [6.07, 6.45) is 4.14. The van der Waals surface area contributed by atoms with Crippen LogP contribution in [0.2, 0.25) is 5.15 Å². The Morgan fingerprint density at radius 1 is 1.33 bits per heavy atom. The third-order valence-corrected chi connectivity index (χ3v) is 4.23. The van der Waals surface area contributed by atoms with Crippen LogP contribution in [0.4, 0.5) is 0 Å². The van der Waals surface area contributed by atoms with Gasteiger partial charge in [-0.1, -0.05) is 29.0 Å². The summed E-state index contributed by atoms with van der Waals surface area (Å²) in [7, 11) is 0. The van der Waals surface area contributed by atoms with Gasteiger partial charge in [-0.3, -0.25) is 4.79 Å². The summed E-state index contributed by atoms with van der Waals surface area (Å²) in [5, 5.41) is 0.603. The molecule has 0 radical (unpaired) electrons. The highest BCUT2D eigenvalue weighted by Gasteiger charge is 2.13. The standard InChI is InChI=1S/C13H10ClNO2S/c14-12-11(7-16)18-13(15-12)17-10-5-4-8-2-1-3-9(8)6-10/h4-7H,1-3H2. The maximum Gasteiger partial charge on any atom is 0.280 e. The third-order valence-electron chi connectivity index (χ3n) is 2.97. The number of fused-ring (bicyclic) bond motifs is 1. The number of aldehydes is 1. The van der Waals surface area contributed by atoms with Crippen molar-refractivity contribution in [3.8, 4) is 10.9 Å². The number of hydrogen-bond acceptors (Lipinski definition) is 4. The number of rotatable bonds is 3. The van der Waals surface area contributed by atoms with Gasteiger partial charge in [0.25, 0.3) is 5.19 Å². The van der Waals surface area contributed by atoms with Crippen LogP contribution < -0.4 is 4.74 Å². The van der Waals surface area contributed by atoms with Crippen LogP contribution in [0.5, 0.6) is 10.9 Å². The van der Waals surface area contributed by atoms with Crippen LogP contribution in [0, 0.1) is 0 Å². The monoisotopic (exact) mass is 279 g/mol. The van der Waals surface area contributed by atoms with E-state index in [0.717, 1.165) is 29.9 Å². The lowest BCUT2D eigenvalue weighted by Crippen LogP contribution is -1.86. The third kappa shape index (κ3) is 2.13. The molecule has 0 aliphatic heterocycles. The van der Waals surface area contributed by atoms with Crippen LogP contribution >= 0.6 is 22.9 Å². The van der Waals surface area contributed by atoms with Gasteiger partial charge in [0.2, 0.25) is 0 Å². The molecular formula is C13H10ClNO2S. The fraction of sp³-hybridized carbons (Fsp3) is 0.231. The Labute approximate surface area is 113 Å². The molecule has 18 heavy (non-hydrogen) atoms. The van der Waals surface area contributed by atoms with Gasteiger partial charge in [0.05, 0.1) is 0 Å². The van der Waals surface area contributed by atoms with Gasteiger partial charge in [-0.05, 0) is 42.5 Å². The van der Waals surface area contributed by atoms with Crippen molar-refractivity contribution in [2.75, 3.05) is 0 Å². The molecule has 0 saturated heterocycles. The van der Waals surface area contributed by atoms with Gasteiger partial charge in [0.1, 0.15) is 10.6 Å². The highest BCUT2D eigenvalue weighted by molar-refractivity contribution is 7.15. The van der Waals surface area contributed by atoms with Crippen LogP contribution in [-0.2, 0) is 12.8 Å². The summed E-state index contributed by atoms with van der Waals surface area (Å²) in [5.74, 6) is 0.749.